The summed E-state index contributed by atoms with van der Waals surface area (Å²) in [5.74, 6) is -0.641. The molecule has 3 heterocycles. The predicted octanol–water partition coefficient (Wildman–Crippen LogP) is 2.22. The van der Waals surface area contributed by atoms with Crippen LogP contribution in [-0.2, 0) is 19.1 Å². The Balaban J connectivity index is 1.36. The number of carbonyl (C=O) groups is 4. The molecular weight excluding hydrogens is 410 g/mol. The van der Waals surface area contributed by atoms with E-state index in [-0.39, 0.29) is 36.7 Å². The lowest BCUT2D eigenvalue weighted by atomic mass is 9.93. The summed E-state index contributed by atoms with van der Waals surface area (Å²) in [4.78, 5) is 55.7. The van der Waals surface area contributed by atoms with Gasteiger partial charge in [0.15, 0.2) is 0 Å². The van der Waals surface area contributed by atoms with Gasteiger partial charge >= 0.3 is 5.97 Å². The molecule has 172 valence electrons. The highest BCUT2D eigenvalue weighted by molar-refractivity contribution is 6.22. The minimum Gasteiger partial charge on any atom is -0.462 e. The van der Waals surface area contributed by atoms with Crippen LogP contribution in [0.25, 0.3) is 0 Å². The maximum absolute atomic E-state index is 13.1. The van der Waals surface area contributed by atoms with Crippen LogP contribution >= 0.6 is 0 Å². The molecule has 32 heavy (non-hydrogen) atoms. The zero-order valence-electron chi connectivity index (χ0n) is 18.6. The molecule has 0 N–H and O–H groups in total. The molecule has 1 atom stereocenters. The molecule has 8 heteroatoms. The number of imide groups is 1. The first kappa shape index (κ1) is 22.5. The Hall–Kier alpha value is -2.74. The van der Waals surface area contributed by atoms with Gasteiger partial charge in [0.25, 0.3) is 5.91 Å². The Kier molecular flexibility index (Phi) is 6.89. The maximum Gasteiger partial charge on any atom is 0.338 e. The third-order valence-corrected chi connectivity index (χ3v) is 6.75. The number of benzene rings is 1. The van der Waals surface area contributed by atoms with Crippen molar-refractivity contribution in [1.29, 1.82) is 0 Å². The van der Waals surface area contributed by atoms with Crippen molar-refractivity contribution >= 4 is 29.4 Å². The molecule has 1 aromatic rings. The number of amides is 3. The third-order valence-electron chi connectivity index (χ3n) is 6.75. The van der Waals surface area contributed by atoms with Gasteiger partial charge in [-0.15, -0.1) is 0 Å². The van der Waals surface area contributed by atoms with Gasteiger partial charge in [0.05, 0.1) is 30.3 Å². The summed E-state index contributed by atoms with van der Waals surface area (Å²) in [5, 5.41) is 0. The molecule has 3 aliphatic rings. The number of anilines is 1. The highest BCUT2D eigenvalue weighted by atomic mass is 16.5. The summed E-state index contributed by atoms with van der Waals surface area (Å²) in [6.07, 6.45) is 4.95. The average Bonchev–Trinajstić information content (AvgIpc) is 3.13. The molecule has 0 radical (unpaired) electrons. The van der Waals surface area contributed by atoms with E-state index in [4.69, 9.17) is 4.74 Å². The van der Waals surface area contributed by atoms with Gasteiger partial charge in [-0.25, -0.2) is 9.69 Å². The molecule has 0 aromatic heterocycles. The normalized spacial score (nSPS) is 23.0. The Morgan fingerprint density at radius 2 is 1.62 bits per heavy atom. The molecule has 8 nitrogen and oxygen atoms in total. The van der Waals surface area contributed by atoms with E-state index in [0.717, 1.165) is 38.8 Å². The molecule has 3 saturated heterocycles. The van der Waals surface area contributed by atoms with Crippen molar-refractivity contribution in [2.45, 2.75) is 51.5 Å². The summed E-state index contributed by atoms with van der Waals surface area (Å²) in [6.45, 7) is 5.02. The first-order valence-electron chi connectivity index (χ1n) is 11.7. The largest absolute Gasteiger partial charge is 0.462 e. The van der Waals surface area contributed by atoms with E-state index >= 15 is 0 Å². The van der Waals surface area contributed by atoms with E-state index < -0.39 is 12.0 Å². The van der Waals surface area contributed by atoms with Gasteiger partial charge < -0.3 is 9.64 Å². The van der Waals surface area contributed by atoms with E-state index in [1.165, 1.54) is 11.3 Å². The van der Waals surface area contributed by atoms with Crippen molar-refractivity contribution in [2.24, 2.45) is 5.92 Å². The molecule has 0 saturated carbocycles. The monoisotopic (exact) mass is 441 g/mol. The van der Waals surface area contributed by atoms with Crippen molar-refractivity contribution in [3.05, 3.63) is 29.8 Å². The zero-order chi connectivity index (χ0) is 22.7. The highest BCUT2D eigenvalue weighted by Gasteiger charge is 2.44. The molecule has 0 unspecified atom stereocenters. The summed E-state index contributed by atoms with van der Waals surface area (Å²) >= 11 is 0. The van der Waals surface area contributed by atoms with Crippen LogP contribution in [0.1, 0.15) is 55.8 Å². The summed E-state index contributed by atoms with van der Waals surface area (Å²) in [5.41, 5.74) is 0.845. The fourth-order valence-corrected chi connectivity index (χ4v) is 4.96. The van der Waals surface area contributed by atoms with E-state index in [2.05, 4.69) is 0 Å². The quantitative estimate of drug-likeness (QED) is 0.514. The summed E-state index contributed by atoms with van der Waals surface area (Å²) in [6, 6.07) is 5.86. The standard InChI is InChI=1S/C24H31N3O5/c1-2-32-24(31)18-6-8-19(9-7-18)27-21(28)16-20(23(27)30)25-14-10-17(11-15-25)22(29)26-12-4-3-5-13-26/h6-9,17,20H,2-5,10-16H2,1H3/t20-/m0/s1. The minimum atomic E-state index is -0.488. The summed E-state index contributed by atoms with van der Waals surface area (Å²) < 4.78 is 4.98. The topological polar surface area (TPSA) is 87.2 Å². The van der Waals surface area contributed by atoms with Crippen molar-refractivity contribution < 1.29 is 23.9 Å². The zero-order valence-corrected chi connectivity index (χ0v) is 18.6. The first-order valence-corrected chi connectivity index (χ1v) is 11.7. The minimum absolute atomic E-state index is 0.0167. The predicted molar refractivity (Wildman–Crippen MR) is 118 cm³/mol. The van der Waals surface area contributed by atoms with Gasteiger partial charge in [0.2, 0.25) is 11.8 Å². The van der Waals surface area contributed by atoms with Crippen LogP contribution in [0.4, 0.5) is 5.69 Å². The Labute approximate surface area is 188 Å². The molecule has 1 aromatic carbocycles. The Bertz CT molecular complexity index is 870. The Morgan fingerprint density at radius 3 is 2.25 bits per heavy atom. The molecule has 0 aliphatic carbocycles. The first-order chi connectivity index (χ1) is 15.5. The SMILES string of the molecule is CCOC(=O)c1ccc(N2C(=O)C[C@H](N3CCC(C(=O)N4CCCCC4)CC3)C2=O)cc1. The number of esters is 1. The average molecular weight is 442 g/mol. The fraction of sp³-hybridized carbons (Fsp3) is 0.583. The van der Waals surface area contributed by atoms with Crippen LogP contribution in [-0.4, -0.2) is 72.3 Å². The number of piperidine rings is 2. The molecule has 0 bridgehead atoms. The van der Waals surface area contributed by atoms with Crippen LogP contribution in [0.2, 0.25) is 0 Å². The number of carbonyl (C=O) groups excluding carboxylic acids is 4. The lowest BCUT2D eigenvalue weighted by molar-refractivity contribution is -0.138. The van der Waals surface area contributed by atoms with Crippen LogP contribution in [0, 0.1) is 5.92 Å². The van der Waals surface area contributed by atoms with Gasteiger partial charge in [-0.05, 0) is 76.4 Å². The number of likely N-dealkylation sites (tertiary alicyclic amines) is 2. The van der Waals surface area contributed by atoms with Crippen molar-refractivity contribution in [3.8, 4) is 0 Å². The van der Waals surface area contributed by atoms with E-state index in [9.17, 15) is 19.2 Å². The fourth-order valence-electron chi connectivity index (χ4n) is 4.96. The van der Waals surface area contributed by atoms with Gasteiger partial charge in [-0.2, -0.15) is 0 Å². The highest BCUT2D eigenvalue weighted by Crippen LogP contribution is 2.30. The third kappa shape index (κ3) is 4.55. The smallest absolute Gasteiger partial charge is 0.338 e. The van der Waals surface area contributed by atoms with Crippen molar-refractivity contribution in [2.75, 3.05) is 37.7 Å². The van der Waals surface area contributed by atoms with Crippen molar-refractivity contribution in [1.82, 2.24) is 9.80 Å². The second-order valence-corrected chi connectivity index (χ2v) is 8.75. The molecule has 3 fully saturated rings. The van der Waals surface area contributed by atoms with E-state index in [0.29, 0.717) is 24.3 Å². The number of ether oxygens (including phenoxy) is 1. The van der Waals surface area contributed by atoms with Gasteiger partial charge in [-0.1, -0.05) is 0 Å². The van der Waals surface area contributed by atoms with Crippen LogP contribution < -0.4 is 4.90 Å². The number of hydrogen-bond donors (Lipinski definition) is 0. The molecule has 4 rings (SSSR count). The van der Waals surface area contributed by atoms with Crippen molar-refractivity contribution in [3.63, 3.8) is 0 Å². The second kappa shape index (κ2) is 9.81. The molecule has 3 aliphatic heterocycles. The van der Waals surface area contributed by atoms with E-state index in [1.54, 1.807) is 31.2 Å². The lowest BCUT2D eigenvalue weighted by Crippen LogP contribution is -2.49. The number of hydrogen-bond acceptors (Lipinski definition) is 6. The van der Waals surface area contributed by atoms with Crippen LogP contribution in [0.3, 0.4) is 0 Å². The molecule has 3 amide bonds. The Morgan fingerprint density at radius 1 is 0.969 bits per heavy atom. The number of nitrogens with zero attached hydrogens (tertiary/aromatic N) is 3. The van der Waals surface area contributed by atoms with Gasteiger partial charge in [0, 0.05) is 19.0 Å². The van der Waals surface area contributed by atoms with Crippen LogP contribution in [0.15, 0.2) is 24.3 Å². The van der Waals surface area contributed by atoms with Crippen LogP contribution in [0.5, 0.6) is 0 Å². The van der Waals surface area contributed by atoms with Gasteiger partial charge in [0.1, 0.15) is 0 Å². The summed E-state index contributed by atoms with van der Waals surface area (Å²) in [7, 11) is 0. The lowest BCUT2D eigenvalue weighted by Gasteiger charge is -2.37. The van der Waals surface area contributed by atoms with E-state index in [1.807, 2.05) is 9.80 Å². The second-order valence-electron chi connectivity index (χ2n) is 8.75. The molecule has 0 spiro atoms. The molecular formula is C24H31N3O5. The van der Waals surface area contributed by atoms with Gasteiger partial charge in [-0.3, -0.25) is 19.3 Å². The maximum atomic E-state index is 13.1. The number of rotatable bonds is 5.